The van der Waals surface area contributed by atoms with Gasteiger partial charge in [0.1, 0.15) is 15.6 Å². The van der Waals surface area contributed by atoms with Gasteiger partial charge >= 0.3 is 6.61 Å². The average molecular weight is 293 g/mol. The Morgan fingerprint density at radius 1 is 1.37 bits per heavy atom. The zero-order valence-corrected chi connectivity index (χ0v) is 11.4. The van der Waals surface area contributed by atoms with E-state index in [4.69, 9.17) is 5.73 Å². The lowest BCUT2D eigenvalue weighted by Crippen LogP contribution is -2.13. The van der Waals surface area contributed by atoms with Crippen molar-refractivity contribution < 1.29 is 21.9 Å². The molecule has 0 aliphatic carbocycles. The lowest BCUT2D eigenvalue weighted by molar-refractivity contribution is -0.0499. The Hall–Kier alpha value is -1.21. The summed E-state index contributed by atoms with van der Waals surface area (Å²) in [6.07, 6.45) is 2.06. The number of hydrogen-bond donors (Lipinski definition) is 1. The lowest BCUT2D eigenvalue weighted by Gasteiger charge is -2.13. The number of nitrogens with two attached hydrogens (primary N) is 1. The van der Waals surface area contributed by atoms with E-state index in [1.807, 2.05) is 0 Å². The SMILES string of the molecule is CS(=O)(=O)CCCC(N)c1cccc(OC(F)F)c1. The predicted octanol–water partition coefficient (Wildman–Crippen LogP) is 2.11. The minimum absolute atomic E-state index is 0.0473. The fraction of sp³-hybridized carbons (Fsp3) is 0.500. The summed E-state index contributed by atoms with van der Waals surface area (Å²) in [4.78, 5) is 0. The van der Waals surface area contributed by atoms with Gasteiger partial charge in [0, 0.05) is 18.1 Å². The third kappa shape index (κ3) is 6.49. The summed E-state index contributed by atoms with van der Waals surface area (Å²) in [6.45, 7) is -2.88. The van der Waals surface area contributed by atoms with Crippen LogP contribution in [-0.2, 0) is 9.84 Å². The second kappa shape index (κ2) is 6.81. The maximum absolute atomic E-state index is 12.1. The molecule has 0 saturated heterocycles. The zero-order valence-electron chi connectivity index (χ0n) is 10.6. The second-order valence-corrected chi connectivity index (χ2v) is 6.59. The molecule has 1 aromatic rings. The molecule has 0 aliphatic rings. The van der Waals surface area contributed by atoms with Crippen LogP contribution in [0.3, 0.4) is 0 Å². The van der Waals surface area contributed by atoms with Gasteiger partial charge in [0.25, 0.3) is 0 Å². The number of sulfone groups is 1. The molecule has 0 amide bonds. The smallest absolute Gasteiger partial charge is 0.387 e. The van der Waals surface area contributed by atoms with Crippen LogP contribution >= 0.6 is 0 Å². The number of hydrogen-bond acceptors (Lipinski definition) is 4. The third-order valence-electron chi connectivity index (χ3n) is 2.54. The standard InChI is InChI=1S/C12H17F2NO3S/c1-19(16,17)7-3-6-11(15)9-4-2-5-10(8-9)18-12(13)14/h2,4-5,8,11-12H,3,6-7,15H2,1H3. The summed E-state index contributed by atoms with van der Waals surface area (Å²) >= 11 is 0. The van der Waals surface area contributed by atoms with Crippen LogP contribution in [0.25, 0.3) is 0 Å². The van der Waals surface area contributed by atoms with Crippen molar-refractivity contribution in [1.29, 1.82) is 0 Å². The number of rotatable bonds is 7. The Bertz CT molecular complexity index is 505. The summed E-state index contributed by atoms with van der Waals surface area (Å²) in [5.41, 5.74) is 6.53. The molecule has 0 aliphatic heterocycles. The highest BCUT2D eigenvalue weighted by Crippen LogP contribution is 2.22. The molecule has 0 bridgehead atoms. The molecule has 1 atom stereocenters. The van der Waals surface area contributed by atoms with E-state index in [1.54, 1.807) is 12.1 Å². The van der Waals surface area contributed by atoms with Gasteiger partial charge in [-0.2, -0.15) is 8.78 Å². The molecule has 0 heterocycles. The predicted molar refractivity (Wildman–Crippen MR) is 68.9 cm³/mol. The normalized spacial score (nSPS) is 13.5. The van der Waals surface area contributed by atoms with Crippen molar-refractivity contribution in [1.82, 2.24) is 0 Å². The van der Waals surface area contributed by atoms with Crippen molar-refractivity contribution in [3.63, 3.8) is 0 Å². The van der Waals surface area contributed by atoms with Crippen molar-refractivity contribution in [2.45, 2.75) is 25.5 Å². The maximum atomic E-state index is 12.1. The molecule has 0 radical (unpaired) electrons. The van der Waals surface area contributed by atoms with Crippen LogP contribution < -0.4 is 10.5 Å². The van der Waals surface area contributed by atoms with Crippen molar-refractivity contribution in [3.05, 3.63) is 29.8 Å². The van der Waals surface area contributed by atoms with E-state index in [1.165, 1.54) is 12.1 Å². The Morgan fingerprint density at radius 2 is 2.05 bits per heavy atom. The van der Waals surface area contributed by atoms with E-state index in [9.17, 15) is 17.2 Å². The zero-order chi connectivity index (χ0) is 14.5. The molecule has 19 heavy (non-hydrogen) atoms. The van der Waals surface area contributed by atoms with E-state index in [-0.39, 0.29) is 11.5 Å². The fourth-order valence-corrected chi connectivity index (χ4v) is 2.34. The van der Waals surface area contributed by atoms with Gasteiger partial charge in [-0.25, -0.2) is 8.42 Å². The number of benzene rings is 1. The summed E-state index contributed by atoms with van der Waals surface area (Å²) in [5.74, 6) is 0.111. The minimum Gasteiger partial charge on any atom is -0.435 e. The first-order chi connectivity index (χ1) is 8.78. The summed E-state index contributed by atoms with van der Waals surface area (Å²) in [6, 6.07) is 5.73. The largest absolute Gasteiger partial charge is 0.435 e. The van der Waals surface area contributed by atoms with Crippen LogP contribution in [0.5, 0.6) is 5.75 Å². The molecule has 0 fully saturated rings. The minimum atomic E-state index is -3.01. The highest BCUT2D eigenvalue weighted by atomic mass is 32.2. The second-order valence-electron chi connectivity index (χ2n) is 4.33. The number of halogens is 2. The molecule has 4 nitrogen and oxygen atoms in total. The highest BCUT2D eigenvalue weighted by molar-refractivity contribution is 7.90. The van der Waals surface area contributed by atoms with Gasteiger partial charge in [-0.15, -0.1) is 0 Å². The molecular weight excluding hydrogens is 276 g/mol. The van der Waals surface area contributed by atoms with Gasteiger partial charge in [0.05, 0.1) is 0 Å². The number of ether oxygens (including phenoxy) is 1. The molecule has 0 saturated carbocycles. The average Bonchev–Trinajstić information content (AvgIpc) is 2.26. The van der Waals surface area contributed by atoms with Gasteiger partial charge < -0.3 is 10.5 Å². The molecular formula is C12H17F2NO3S. The first-order valence-electron chi connectivity index (χ1n) is 5.76. The Balaban J connectivity index is 2.59. The van der Waals surface area contributed by atoms with Gasteiger partial charge in [-0.05, 0) is 30.5 Å². The van der Waals surface area contributed by atoms with Crippen molar-refractivity contribution >= 4 is 9.84 Å². The van der Waals surface area contributed by atoms with Crippen molar-refractivity contribution in [2.24, 2.45) is 5.73 Å². The van der Waals surface area contributed by atoms with Crippen LogP contribution in [0.1, 0.15) is 24.4 Å². The summed E-state index contributed by atoms with van der Waals surface area (Å²) in [7, 11) is -3.01. The first kappa shape index (κ1) is 15.8. The van der Waals surface area contributed by atoms with Gasteiger partial charge in [0.15, 0.2) is 0 Å². The van der Waals surface area contributed by atoms with Gasteiger partial charge in [-0.3, -0.25) is 0 Å². The topological polar surface area (TPSA) is 69.4 Å². The van der Waals surface area contributed by atoms with Crippen LogP contribution in [0, 0.1) is 0 Å². The molecule has 1 rings (SSSR count). The molecule has 108 valence electrons. The lowest BCUT2D eigenvalue weighted by atomic mass is 10.0. The summed E-state index contributed by atoms with van der Waals surface area (Å²) < 4.78 is 50.4. The van der Waals surface area contributed by atoms with Gasteiger partial charge in [0.2, 0.25) is 0 Å². The van der Waals surface area contributed by atoms with Crippen molar-refractivity contribution in [2.75, 3.05) is 12.0 Å². The Morgan fingerprint density at radius 3 is 2.63 bits per heavy atom. The molecule has 1 unspecified atom stereocenters. The quantitative estimate of drug-likeness (QED) is 0.836. The Labute approximate surface area is 111 Å². The van der Waals surface area contributed by atoms with Crippen LogP contribution in [0.2, 0.25) is 0 Å². The maximum Gasteiger partial charge on any atom is 0.387 e. The van der Waals surface area contributed by atoms with E-state index < -0.39 is 22.5 Å². The fourth-order valence-electron chi connectivity index (χ4n) is 1.65. The van der Waals surface area contributed by atoms with E-state index in [0.29, 0.717) is 18.4 Å². The van der Waals surface area contributed by atoms with Crippen LogP contribution in [-0.4, -0.2) is 27.0 Å². The molecule has 0 aromatic heterocycles. The van der Waals surface area contributed by atoms with E-state index in [0.717, 1.165) is 6.26 Å². The monoisotopic (exact) mass is 293 g/mol. The van der Waals surface area contributed by atoms with Gasteiger partial charge in [-0.1, -0.05) is 12.1 Å². The third-order valence-corrected chi connectivity index (χ3v) is 3.57. The number of alkyl halides is 2. The van der Waals surface area contributed by atoms with E-state index >= 15 is 0 Å². The van der Waals surface area contributed by atoms with Crippen molar-refractivity contribution in [3.8, 4) is 5.75 Å². The Kier molecular flexibility index (Phi) is 5.68. The summed E-state index contributed by atoms with van der Waals surface area (Å²) in [5, 5.41) is 0. The molecule has 7 heteroatoms. The molecule has 0 spiro atoms. The highest BCUT2D eigenvalue weighted by Gasteiger charge is 2.11. The molecule has 1 aromatic carbocycles. The van der Waals surface area contributed by atoms with E-state index in [2.05, 4.69) is 4.74 Å². The first-order valence-corrected chi connectivity index (χ1v) is 7.82. The van der Waals surface area contributed by atoms with Crippen LogP contribution in [0.4, 0.5) is 8.78 Å². The van der Waals surface area contributed by atoms with Crippen LogP contribution in [0.15, 0.2) is 24.3 Å². The molecule has 2 N–H and O–H groups in total.